The first-order valence-corrected chi connectivity index (χ1v) is 9.62. The number of thiophene rings is 1. The molecule has 0 saturated heterocycles. The molecule has 8 nitrogen and oxygen atoms in total. The predicted octanol–water partition coefficient (Wildman–Crippen LogP) is 1.69. The number of likely N-dealkylation sites (N-methyl/N-ethyl adjacent to an activating group) is 1. The van der Waals surface area contributed by atoms with Crippen LogP contribution in [0.4, 0.5) is 0 Å². The molecule has 25 heavy (non-hydrogen) atoms. The van der Waals surface area contributed by atoms with Crippen molar-refractivity contribution in [2.45, 2.75) is 18.1 Å². The lowest BCUT2D eigenvalue weighted by Gasteiger charge is -2.15. The maximum absolute atomic E-state index is 12.3. The number of hydrogen-bond donors (Lipinski definition) is 2. The van der Waals surface area contributed by atoms with Crippen molar-refractivity contribution in [1.82, 2.24) is 15.2 Å². The minimum absolute atomic E-state index is 0.0290. The molecule has 0 bridgehead atoms. The van der Waals surface area contributed by atoms with Gasteiger partial charge in [-0.1, -0.05) is 11.6 Å². The third-order valence-corrected chi connectivity index (χ3v) is 6.68. The molecule has 0 aliphatic rings. The summed E-state index contributed by atoms with van der Waals surface area (Å²) < 4.78 is 31.0. The number of sulfonamides is 1. The highest BCUT2D eigenvalue weighted by atomic mass is 35.5. The highest BCUT2D eigenvalue weighted by molar-refractivity contribution is 7.91. The molecular weight excluding hydrogens is 390 g/mol. The summed E-state index contributed by atoms with van der Waals surface area (Å²) in [6, 6.07) is 4.36. The van der Waals surface area contributed by atoms with Gasteiger partial charge >= 0.3 is 0 Å². The van der Waals surface area contributed by atoms with E-state index < -0.39 is 28.4 Å². The molecule has 11 heteroatoms. The molecule has 2 N–H and O–H groups in total. The maximum Gasteiger partial charge on any atom is 0.273 e. The summed E-state index contributed by atoms with van der Waals surface area (Å²) in [6.45, 7) is 2.84. The Labute approximate surface area is 153 Å². The summed E-state index contributed by atoms with van der Waals surface area (Å²) in [7, 11) is -2.57. The zero-order valence-corrected chi connectivity index (χ0v) is 16.0. The molecule has 2 heterocycles. The monoisotopic (exact) mass is 405 g/mol. The summed E-state index contributed by atoms with van der Waals surface area (Å²) in [5, 5.41) is 0. The number of furan rings is 1. The average Bonchev–Trinajstić information content (AvgIpc) is 3.10. The molecule has 0 radical (unpaired) electrons. The first-order chi connectivity index (χ1) is 11.6. The predicted molar refractivity (Wildman–Crippen MR) is 92.9 cm³/mol. The molecule has 0 spiro atoms. The number of halogens is 1. The summed E-state index contributed by atoms with van der Waals surface area (Å²) >= 11 is 6.63. The Morgan fingerprint density at radius 2 is 1.96 bits per heavy atom. The Morgan fingerprint density at radius 1 is 1.28 bits per heavy atom. The molecule has 0 atom stereocenters. The van der Waals surface area contributed by atoms with E-state index in [-0.39, 0.29) is 9.77 Å². The molecular formula is C14H16ClN3O5S2. The Hall–Kier alpha value is -1.88. The van der Waals surface area contributed by atoms with Gasteiger partial charge in [-0.2, -0.15) is 4.31 Å². The Kier molecular flexibility index (Phi) is 5.88. The van der Waals surface area contributed by atoms with Crippen molar-refractivity contribution in [3.05, 3.63) is 39.6 Å². The van der Waals surface area contributed by atoms with Crippen LogP contribution in [0.15, 0.2) is 26.8 Å². The zero-order valence-electron chi connectivity index (χ0n) is 13.6. The van der Waals surface area contributed by atoms with Crippen molar-refractivity contribution in [3.63, 3.8) is 0 Å². The van der Waals surface area contributed by atoms with Gasteiger partial charge in [0.05, 0.1) is 16.4 Å². The lowest BCUT2D eigenvalue weighted by molar-refractivity contribution is -0.121. The van der Waals surface area contributed by atoms with Crippen LogP contribution in [-0.2, 0) is 14.8 Å². The van der Waals surface area contributed by atoms with Gasteiger partial charge in [0.1, 0.15) is 15.7 Å². The second-order valence-electron chi connectivity index (χ2n) is 5.15. The Bertz CT molecular complexity index is 903. The van der Waals surface area contributed by atoms with E-state index in [4.69, 9.17) is 16.0 Å². The van der Waals surface area contributed by atoms with Gasteiger partial charge in [-0.15, -0.1) is 11.3 Å². The molecule has 2 amide bonds. The van der Waals surface area contributed by atoms with Crippen molar-refractivity contribution in [3.8, 4) is 0 Å². The number of amides is 2. The third-order valence-electron chi connectivity index (χ3n) is 3.18. The van der Waals surface area contributed by atoms with E-state index in [0.29, 0.717) is 15.9 Å². The smallest absolute Gasteiger partial charge is 0.273 e. The normalized spacial score (nSPS) is 11.6. The van der Waals surface area contributed by atoms with Crippen LogP contribution >= 0.6 is 22.9 Å². The number of nitrogens with one attached hydrogen (secondary N) is 2. The number of hydrogen-bond acceptors (Lipinski definition) is 6. The molecule has 2 aromatic heterocycles. The number of nitrogens with zero attached hydrogens (tertiary/aromatic N) is 1. The number of rotatable bonds is 5. The molecule has 0 aliphatic carbocycles. The molecule has 0 aromatic carbocycles. The molecule has 0 saturated carbocycles. The molecule has 2 rings (SSSR count). The largest absolute Gasteiger partial charge is 0.466 e. The van der Waals surface area contributed by atoms with Crippen molar-refractivity contribution in [2.24, 2.45) is 0 Å². The van der Waals surface area contributed by atoms with Gasteiger partial charge in [-0.25, -0.2) is 8.42 Å². The molecule has 0 aliphatic heterocycles. The SMILES string of the molecule is Cc1cc(C(=O)NNC(=O)CN(C)S(=O)(=O)c2ccc(Cl)s2)c(C)o1. The zero-order chi connectivity index (χ0) is 18.8. The van der Waals surface area contributed by atoms with Gasteiger partial charge in [0.25, 0.3) is 21.8 Å². The van der Waals surface area contributed by atoms with Crippen molar-refractivity contribution < 1.29 is 22.4 Å². The summed E-state index contributed by atoms with van der Waals surface area (Å²) in [4.78, 5) is 23.8. The van der Waals surface area contributed by atoms with Crippen molar-refractivity contribution in [2.75, 3.05) is 13.6 Å². The standard InChI is InChI=1S/C14H16ClN3O5S2/c1-8-6-10(9(2)23-8)14(20)17-16-12(19)7-18(3)25(21,22)13-5-4-11(15)24-13/h4-6H,7H2,1-3H3,(H,16,19)(H,17,20). The van der Waals surface area contributed by atoms with Crippen LogP contribution in [0.25, 0.3) is 0 Å². The van der Waals surface area contributed by atoms with E-state index in [1.54, 1.807) is 13.8 Å². The molecule has 0 fully saturated rings. The van der Waals surface area contributed by atoms with Gasteiger partial charge < -0.3 is 4.42 Å². The van der Waals surface area contributed by atoms with Gasteiger partial charge in [-0.3, -0.25) is 20.4 Å². The van der Waals surface area contributed by atoms with E-state index in [1.807, 2.05) is 0 Å². The topological polar surface area (TPSA) is 109 Å². The first-order valence-electron chi connectivity index (χ1n) is 6.99. The van der Waals surface area contributed by atoms with E-state index in [0.717, 1.165) is 15.6 Å². The van der Waals surface area contributed by atoms with Crippen LogP contribution in [0, 0.1) is 13.8 Å². The number of aryl methyl sites for hydroxylation is 2. The highest BCUT2D eigenvalue weighted by Crippen LogP contribution is 2.27. The minimum atomic E-state index is -3.83. The Balaban J connectivity index is 1.93. The van der Waals surface area contributed by atoms with E-state index in [2.05, 4.69) is 10.9 Å². The van der Waals surface area contributed by atoms with E-state index in [1.165, 1.54) is 25.2 Å². The van der Waals surface area contributed by atoms with Crippen LogP contribution in [0.1, 0.15) is 21.9 Å². The Morgan fingerprint density at radius 3 is 2.48 bits per heavy atom. The lowest BCUT2D eigenvalue weighted by Crippen LogP contribution is -2.46. The summed E-state index contributed by atoms with van der Waals surface area (Å²) in [6.07, 6.45) is 0. The number of carbonyl (C=O) groups is 2. The van der Waals surface area contributed by atoms with Crippen LogP contribution in [-0.4, -0.2) is 38.1 Å². The highest BCUT2D eigenvalue weighted by Gasteiger charge is 2.25. The minimum Gasteiger partial charge on any atom is -0.466 e. The second-order valence-corrected chi connectivity index (χ2v) is 9.14. The third kappa shape index (κ3) is 4.60. The fourth-order valence-corrected chi connectivity index (χ4v) is 4.79. The molecule has 2 aromatic rings. The first kappa shape index (κ1) is 19.4. The van der Waals surface area contributed by atoms with Gasteiger partial charge in [0.2, 0.25) is 0 Å². The molecule has 136 valence electrons. The number of hydrazine groups is 1. The van der Waals surface area contributed by atoms with Gasteiger partial charge in [0, 0.05) is 7.05 Å². The van der Waals surface area contributed by atoms with Crippen LogP contribution < -0.4 is 10.9 Å². The van der Waals surface area contributed by atoms with E-state index in [9.17, 15) is 18.0 Å². The van der Waals surface area contributed by atoms with Crippen molar-refractivity contribution in [1.29, 1.82) is 0 Å². The summed E-state index contributed by atoms with van der Waals surface area (Å²) in [5.74, 6) is -0.272. The van der Waals surface area contributed by atoms with Crippen LogP contribution in [0.3, 0.4) is 0 Å². The van der Waals surface area contributed by atoms with Crippen LogP contribution in [0.2, 0.25) is 4.34 Å². The fraction of sp³-hybridized carbons (Fsp3) is 0.286. The second kappa shape index (κ2) is 7.56. The van der Waals surface area contributed by atoms with Crippen molar-refractivity contribution >= 4 is 44.8 Å². The average molecular weight is 406 g/mol. The lowest BCUT2D eigenvalue weighted by atomic mass is 10.2. The van der Waals surface area contributed by atoms with Crippen LogP contribution in [0.5, 0.6) is 0 Å². The molecule has 0 unspecified atom stereocenters. The van der Waals surface area contributed by atoms with E-state index >= 15 is 0 Å². The summed E-state index contributed by atoms with van der Waals surface area (Å²) in [5.41, 5.74) is 4.67. The number of carbonyl (C=O) groups excluding carboxylic acids is 2. The van der Waals surface area contributed by atoms with Gasteiger partial charge in [0.15, 0.2) is 0 Å². The fourth-order valence-electron chi connectivity index (χ4n) is 1.97. The van der Waals surface area contributed by atoms with Gasteiger partial charge in [-0.05, 0) is 32.0 Å². The maximum atomic E-state index is 12.3. The quantitative estimate of drug-likeness (QED) is 0.736.